The van der Waals surface area contributed by atoms with Crippen molar-refractivity contribution in [2.45, 2.75) is 18.6 Å². The monoisotopic (exact) mass is 378 g/mol. The van der Waals surface area contributed by atoms with Crippen LogP contribution in [0.25, 0.3) is 0 Å². The summed E-state index contributed by atoms with van der Waals surface area (Å²) in [5, 5.41) is 2.70. The zero-order chi connectivity index (χ0) is 19.6. The molecule has 0 spiro atoms. The van der Waals surface area contributed by atoms with E-state index in [-0.39, 0.29) is 24.4 Å². The minimum atomic E-state index is -4.45. The molecule has 142 valence electrons. The van der Waals surface area contributed by atoms with Crippen molar-refractivity contribution in [1.29, 1.82) is 0 Å². The first-order chi connectivity index (χ1) is 12.8. The summed E-state index contributed by atoms with van der Waals surface area (Å²) in [5.74, 6) is -0.0625. The highest BCUT2D eigenvalue weighted by Gasteiger charge is 2.33. The van der Waals surface area contributed by atoms with Crippen LogP contribution in [-0.2, 0) is 11.0 Å². The summed E-state index contributed by atoms with van der Waals surface area (Å²) in [6, 6.07) is 10.5. The molecule has 0 aromatic heterocycles. The fourth-order valence-electron chi connectivity index (χ4n) is 2.91. The van der Waals surface area contributed by atoms with Gasteiger partial charge in [0.2, 0.25) is 5.91 Å². The van der Waals surface area contributed by atoms with Gasteiger partial charge in [-0.15, -0.1) is 0 Å². The molecule has 0 saturated carbocycles. The topological polar surface area (TPSA) is 58.6 Å². The molecule has 0 unspecified atom stereocenters. The van der Waals surface area contributed by atoms with Crippen molar-refractivity contribution in [3.05, 3.63) is 59.7 Å². The van der Waals surface area contributed by atoms with Crippen LogP contribution in [0.4, 0.5) is 18.9 Å². The number of hydrogen-bond donors (Lipinski definition) is 1. The number of rotatable bonds is 4. The average molecular weight is 378 g/mol. The summed E-state index contributed by atoms with van der Waals surface area (Å²) in [5.41, 5.74) is -0.0554. The van der Waals surface area contributed by atoms with Crippen molar-refractivity contribution in [3.8, 4) is 5.75 Å². The van der Waals surface area contributed by atoms with E-state index in [1.165, 1.54) is 7.11 Å². The number of nitrogens with one attached hydrogen (secondary N) is 1. The Hall–Kier alpha value is -3.03. The predicted octanol–water partition coefficient (Wildman–Crippen LogP) is 3.25. The molecule has 5 nitrogen and oxygen atoms in total. The Morgan fingerprint density at radius 1 is 1.19 bits per heavy atom. The van der Waals surface area contributed by atoms with E-state index in [4.69, 9.17) is 4.74 Å². The molecule has 1 aliphatic heterocycles. The van der Waals surface area contributed by atoms with Gasteiger partial charge in [0.05, 0.1) is 18.7 Å². The van der Waals surface area contributed by atoms with Crippen molar-refractivity contribution in [1.82, 2.24) is 5.32 Å². The maximum Gasteiger partial charge on any atom is 0.416 e. The number of benzene rings is 2. The van der Waals surface area contributed by atoms with Gasteiger partial charge in [0.1, 0.15) is 5.75 Å². The van der Waals surface area contributed by atoms with E-state index in [1.54, 1.807) is 29.2 Å². The highest BCUT2D eigenvalue weighted by Crippen LogP contribution is 2.29. The molecule has 1 atom stereocenters. The molecular formula is C19H17F3N2O3. The van der Waals surface area contributed by atoms with Gasteiger partial charge in [0, 0.05) is 30.3 Å². The molecule has 0 aliphatic carbocycles. The van der Waals surface area contributed by atoms with Crippen LogP contribution in [0.1, 0.15) is 22.3 Å². The number of halogens is 3. The average Bonchev–Trinajstić information content (AvgIpc) is 3.01. The van der Waals surface area contributed by atoms with E-state index >= 15 is 0 Å². The first-order valence-electron chi connectivity index (χ1n) is 8.20. The Balaban J connectivity index is 1.66. The van der Waals surface area contributed by atoms with Gasteiger partial charge in [-0.05, 0) is 36.4 Å². The molecule has 2 aromatic carbocycles. The standard InChI is InChI=1S/C19H17F3N2O3/c1-27-16-4-2-3-15(10-16)24-11-14(9-17(24)25)23-18(26)12-5-7-13(8-6-12)19(20,21)22/h2-8,10,14H,9,11H2,1H3,(H,23,26)/t14-/m1/s1. The lowest BCUT2D eigenvalue weighted by atomic mass is 10.1. The Morgan fingerprint density at radius 2 is 1.89 bits per heavy atom. The van der Waals surface area contributed by atoms with Gasteiger partial charge in [0.25, 0.3) is 5.91 Å². The molecule has 3 rings (SSSR count). The minimum absolute atomic E-state index is 0.107. The first-order valence-corrected chi connectivity index (χ1v) is 8.20. The van der Waals surface area contributed by atoms with Gasteiger partial charge >= 0.3 is 6.18 Å². The molecule has 1 saturated heterocycles. The van der Waals surface area contributed by atoms with E-state index in [9.17, 15) is 22.8 Å². The Morgan fingerprint density at radius 3 is 2.52 bits per heavy atom. The summed E-state index contributed by atoms with van der Waals surface area (Å²) in [6.07, 6.45) is -4.34. The van der Waals surface area contributed by atoms with Crippen molar-refractivity contribution in [3.63, 3.8) is 0 Å². The lowest BCUT2D eigenvalue weighted by Crippen LogP contribution is -2.37. The van der Waals surface area contributed by atoms with Crippen LogP contribution in [0.3, 0.4) is 0 Å². The van der Waals surface area contributed by atoms with E-state index in [2.05, 4.69) is 5.32 Å². The Labute approximate surface area is 153 Å². The lowest BCUT2D eigenvalue weighted by molar-refractivity contribution is -0.137. The third-order valence-electron chi connectivity index (χ3n) is 4.30. The zero-order valence-electron chi connectivity index (χ0n) is 14.4. The Kier molecular flexibility index (Phi) is 5.07. The van der Waals surface area contributed by atoms with E-state index in [0.717, 1.165) is 24.3 Å². The molecule has 1 fully saturated rings. The summed E-state index contributed by atoms with van der Waals surface area (Å²) in [6.45, 7) is 0.276. The highest BCUT2D eigenvalue weighted by molar-refractivity contribution is 5.99. The third-order valence-corrected chi connectivity index (χ3v) is 4.30. The van der Waals surface area contributed by atoms with Gasteiger partial charge < -0.3 is 15.0 Å². The molecule has 8 heteroatoms. The van der Waals surface area contributed by atoms with Gasteiger partial charge in [-0.3, -0.25) is 9.59 Å². The second-order valence-corrected chi connectivity index (χ2v) is 6.16. The molecule has 27 heavy (non-hydrogen) atoms. The SMILES string of the molecule is COc1cccc(N2C[C@H](NC(=O)c3ccc(C(F)(F)F)cc3)CC2=O)c1. The molecule has 0 radical (unpaired) electrons. The summed E-state index contributed by atoms with van der Waals surface area (Å²) < 4.78 is 42.9. The predicted molar refractivity (Wildman–Crippen MR) is 92.7 cm³/mol. The van der Waals surface area contributed by atoms with Crippen LogP contribution in [-0.4, -0.2) is 31.5 Å². The van der Waals surface area contributed by atoms with Gasteiger partial charge in [-0.25, -0.2) is 0 Å². The van der Waals surface area contributed by atoms with Gasteiger partial charge in [-0.2, -0.15) is 13.2 Å². The molecule has 0 bridgehead atoms. The number of carbonyl (C=O) groups is 2. The van der Waals surface area contributed by atoms with E-state index in [1.807, 2.05) is 0 Å². The van der Waals surface area contributed by atoms with Crippen LogP contribution in [0.15, 0.2) is 48.5 Å². The number of amides is 2. The first kappa shape index (κ1) is 18.8. The molecule has 2 aromatic rings. The number of methoxy groups -OCH3 is 1. The molecular weight excluding hydrogens is 361 g/mol. The number of anilines is 1. The van der Waals surface area contributed by atoms with Gasteiger partial charge in [-0.1, -0.05) is 6.07 Å². The van der Waals surface area contributed by atoms with Crippen molar-refractivity contribution in [2.24, 2.45) is 0 Å². The summed E-state index contributed by atoms with van der Waals surface area (Å²) in [7, 11) is 1.53. The quantitative estimate of drug-likeness (QED) is 0.889. The highest BCUT2D eigenvalue weighted by atomic mass is 19.4. The largest absolute Gasteiger partial charge is 0.497 e. The van der Waals surface area contributed by atoms with Crippen molar-refractivity contribution >= 4 is 17.5 Å². The number of hydrogen-bond acceptors (Lipinski definition) is 3. The lowest BCUT2D eigenvalue weighted by Gasteiger charge is -2.18. The second-order valence-electron chi connectivity index (χ2n) is 6.16. The van der Waals surface area contributed by atoms with E-state index < -0.39 is 23.7 Å². The maximum absolute atomic E-state index is 12.6. The number of ether oxygens (including phenoxy) is 1. The van der Waals surface area contributed by atoms with Crippen molar-refractivity contribution < 1.29 is 27.5 Å². The van der Waals surface area contributed by atoms with Gasteiger partial charge in [0.15, 0.2) is 0 Å². The zero-order valence-corrected chi connectivity index (χ0v) is 14.4. The van der Waals surface area contributed by atoms with Crippen LogP contribution in [0.5, 0.6) is 5.75 Å². The number of carbonyl (C=O) groups excluding carboxylic acids is 2. The normalized spacial score (nSPS) is 17.1. The number of alkyl halides is 3. The smallest absolute Gasteiger partial charge is 0.416 e. The van der Waals surface area contributed by atoms with Crippen LogP contribution in [0, 0.1) is 0 Å². The van der Waals surface area contributed by atoms with Crippen LogP contribution in [0.2, 0.25) is 0 Å². The van der Waals surface area contributed by atoms with Crippen LogP contribution >= 0.6 is 0 Å². The van der Waals surface area contributed by atoms with Crippen LogP contribution < -0.4 is 15.0 Å². The molecule has 1 heterocycles. The second kappa shape index (κ2) is 7.30. The minimum Gasteiger partial charge on any atom is -0.497 e. The Bertz CT molecular complexity index is 850. The fourth-order valence-corrected chi connectivity index (χ4v) is 2.91. The summed E-state index contributed by atoms with van der Waals surface area (Å²) in [4.78, 5) is 26.1. The molecule has 2 amide bonds. The van der Waals surface area contributed by atoms with E-state index in [0.29, 0.717) is 11.4 Å². The van der Waals surface area contributed by atoms with Crippen molar-refractivity contribution in [2.75, 3.05) is 18.6 Å². The molecule has 1 N–H and O–H groups in total. The molecule has 1 aliphatic rings. The number of nitrogens with zero attached hydrogens (tertiary/aromatic N) is 1. The maximum atomic E-state index is 12.6. The fraction of sp³-hybridized carbons (Fsp3) is 0.263. The third kappa shape index (κ3) is 4.21. The summed E-state index contributed by atoms with van der Waals surface area (Å²) >= 11 is 0.